The first-order chi connectivity index (χ1) is 23.7. The van der Waals surface area contributed by atoms with Crippen LogP contribution in [0.4, 0.5) is 5.82 Å². The van der Waals surface area contributed by atoms with Crippen molar-refractivity contribution in [3.05, 3.63) is 59.9 Å². The third-order valence-corrected chi connectivity index (χ3v) is 10.8. The molecular formula is C35H38N10O3S. The van der Waals surface area contributed by atoms with E-state index in [4.69, 9.17) is 9.72 Å². The Morgan fingerprint density at radius 2 is 1.92 bits per heavy atom. The summed E-state index contributed by atoms with van der Waals surface area (Å²) in [7, 11) is 1.86. The fourth-order valence-electron chi connectivity index (χ4n) is 7.08. The first kappa shape index (κ1) is 31.3. The molecule has 0 saturated carbocycles. The monoisotopic (exact) mass is 678 g/mol. The Balaban J connectivity index is 0.896. The molecule has 5 aromatic heterocycles. The SMILES string of the molecule is CC(C)Oc1ccc(-c2n[nH]c3ccc(N4CC[C@]5(CCN(CC(=O)N6CC=C(c7ccc(-c8ncn(C)n8)s7)CC6)C5)C4=O)nc23)cn1. The predicted octanol–water partition coefficient (Wildman–Crippen LogP) is 4.41. The van der Waals surface area contributed by atoms with Crippen LogP contribution in [0.15, 0.2) is 55.0 Å². The summed E-state index contributed by atoms with van der Waals surface area (Å²) in [5.41, 5.74) is 3.72. The third kappa shape index (κ3) is 5.99. The molecule has 5 aromatic rings. The van der Waals surface area contributed by atoms with Crippen molar-refractivity contribution >= 4 is 45.6 Å². The second-order valence-electron chi connectivity index (χ2n) is 13.4. The molecule has 0 unspecified atom stereocenters. The molecule has 2 amide bonds. The maximum Gasteiger partial charge on any atom is 0.237 e. The standard InChI is InChI=1S/C35H38N10O3S/c1-22(2)48-29-9-4-24(18-36-29)31-32-25(39-40-31)5-8-28(38-32)45-17-13-35(34(45)47)12-16-43(20-35)19-30(46)44-14-10-23(11-15-44)26-6-7-27(49-26)33-37-21-42(3)41-33/h4-10,18,21-22H,11-17,19-20H2,1-3H3,(H,39,40)/t35-/m0/s1. The Labute approximate surface area is 287 Å². The van der Waals surface area contributed by atoms with E-state index in [1.54, 1.807) is 33.4 Å². The van der Waals surface area contributed by atoms with Gasteiger partial charge in [-0.1, -0.05) is 6.08 Å². The van der Waals surface area contributed by atoms with Gasteiger partial charge in [0.15, 0.2) is 5.82 Å². The molecule has 1 atom stereocenters. The van der Waals surface area contributed by atoms with E-state index in [2.05, 4.69) is 48.4 Å². The highest BCUT2D eigenvalue weighted by molar-refractivity contribution is 7.16. The van der Waals surface area contributed by atoms with Gasteiger partial charge in [0, 0.05) is 55.9 Å². The average molecular weight is 679 g/mol. The number of aryl methyl sites for hydroxylation is 1. The van der Waals surface area contributed by atoms with E-state index >= 15 is 0 Å². The van der Waals surface area contributed by atoms with Gasteiger partial charge in [0.1, 0.15) is 23.4 Å². The molecule has 3 aliphatic heterocycles. The van der Waals surface area contributed by atoms with Crippen LogP contribution in [0.2, 0.25) is 0 Å². The highest BCUT2D eigenvalue weighted by Crippen LogP contribution is 2.42. The minimum absolute atomic E-state index is 0.0339. The molecular weight excluding hydrogens is 641 g/mol. The molecule has 8 heterocycles. The molecule has 13 nitrogen and oxygen atoms in total. The number of hydrogen-bond acceptors (Lipinski definition) is 10. The van der Waals surface area contributed by atoms with Crippen LogP contribution in [0.5, 0.6) is 5.88 Å². The molecule has 252 valence electrons. The minimum atomic E-state index is -0.499. The lowest BCUT2D eigenvalue weighted by Gasteiger charge is -2.29. The number of nitrogens with one attached hydrogen (secondary N) is 1. The first-order valence-electron chi connectivity index (χ1n) is 16.7. The topological polar surface area (TPSA) is 138 Å². The smallest absolute Gasteiger partial charge is 0.237 e. The van der Waals surface area contributed by atoms with E-state index < -0.39 is 5.41 Å². The summed E-state index contributed by atoms with van der Waals surface area (Å²) in [6.45, 7) is 7.41. The number of likely N-dealkylation sites (tertiary alicyclic amines) is 1. The van der Waals surface area contributed by atoms with E-state index in [1.807, 2.05) is 50.1 Å². The van der Waals surface area contributed by atoms with Crippen LogP contribution in [0.3, 0.4) is 0 Å². The summed E-state index contributed by atoms with van der Waals surface area (Å²) in [6.07, 6.45) is 7.91. The van der Waals surface area contributed by atoms with Crippen LogP contribution in [0, 0.1) is 5.41 Å². The number of thiophene rings is 1. The fourth-order valence-corrected chi connectivity index (χ4v) is 8.09. The average Bonchev–Trinajstić information content (AvgIpc) is 3.94. The van der Waals surface area contributed by atoms with Crippen molar-refractivity contribution in [1.82, 2.24) is 44.7 Å². The van der Waals surface area contributed by atoms with Gasteiger partial charge in [-0.25, -0.2) is 15.0 Å². The number of rotatable bonds is 8. The largest absolute Gasteiger partial charge is 0.475 e. The Bertz CT molecular complexity index is 2060. The van der Waals surface area contributed by atoms with Crippen molar-refractivity contribution < 1.29 is 14.3 Å². The number of aromatic amines is 1. The Morgan fingerprint density at radius 3 is 2.67 bits per heavy atom. The van der Waals surface area contributed by atoms with E-state index in [9.17, 15) is 9.59 Å². The molecule has 49 heavy (non-hydrogen) atoms. The molecule has 0 aliphatic carbocycles. The predicted molar refractivity (Wildman–Crippen MR) is 187 cm³/mol. The number of carbonyl (C=O) groups is 2. The molecule has 0 bridgehead atoms. The second-order valence-corrected chi connectivity index (χ2v) is 14.4. The van der Waals surface area contributed by atoms with Gasteiger partial charge < -0.3 is 9.64 Å². The van der Waals surface area contributed by atoms with Crippen molar-refractivity contribution in [2.75, 3.05) is 44.2 Å². The van der Waals surface area contributed by atoms with Gasteiger partial charge >= 0.3 is 0 Å². The number of amides is 2. The summed E-state index contributed by atoms with van der Waals surface area (Å²) in [5.74, 6) is 2.09. The molecule has 1 spiro atoms. The van der Waals surface area contributed by atoms with Crippen molar-refractivity contribution in [3.8, 4) is 27.8 Å². The summed E-state index contributed by atoms with van der Waals surface area (Å²) >= 11 is 1.68. The number of carbonyl (C=O) groups excluding carboxylic acids is 2. The number of fused-ring (bicyclic) bond motifs is 1. The molecule has 0 aromatic carbocycles. The van der Waals surface area contributed by atoms with Gasteiger partial charge in [-0.3, -0.25) is 29.2 Å². The summed E-state index contributed by atoms with van der Waals surface area (Å²) in [5, 5.41) is 12.0. The lowest BCUT2D eigenvalue weighted by Crippen LogP contribution is -2.43. The van der Waals surface area contributed by atoms with Crippen molar-refractivity contribution in [1.29, 1.82) is 0 Å². The van der Waals surface area contributed by atoms with E-state index in [0.717, 1.165) is 47.6 Å². The highest BCUT2D eigenvalue weighted by atomic mass is 32.1. The van der Waals surface area contributed by atoms with E-state index in [0.29, 0.717) is 55.6 Å². The van der Waals surface area contributed by atoms with Crippen LogP contribution in [-0.2, 0) is 16.6 Å². The van der Waals surface area contributed by atoms with Crippen LogP contribution in [-0.4, -0.2) is 102 Å². The van der Waals surface area contributed by atoms with E-state index in [-0.39, 0.29) is 17.9 Å². The first-order valence-corrected chi connectivity index (χ1v) is 17.5. The lowest BCUT2D eigenvalue weighted by molar-refractivity contribution is -0.132. The van der Waals surface area contributed by atoms with Gasteiger partial charge in [0.25, 0.3) is 0 Å². The molecule has 3 aliphatic rings. The quantitative estimate of drug-likeness (QED) is 0.253. The molecule has 1 N–H and O–H groups in total. The molecule has 8 rings (SSSR count). The van der Waals surface area contributed by atoms with Crippen molar-refractivity contribution in [2.24, 2.45) is 12.5 Å². The summed E-state index contributed by atoms with van der Waals surface area (Å²) in [4.78, 5) is 49.2. The lowest BCUT2D eigenvalue weighted by atomic mass is 9.85. The number of pyridine rings is 2. The number of anilines is 1. The number of H-pyrrole nitrogens is 1. The maximum absolute atomic E-state index is 14.0. The van der Waals surface area contributed by atoms with Crippen molar-refractivity contribution in [2.45, 2.75) is 39.2 Å². The summed E-state index contributed by atoms with van der Waals surface area (Å²) in [6, 6.07) is 11.7. The zero-order valence-corrected chi connectivity index (χ0v) is 28.6. The third-order valence-electron chi connectivity index (χ3n) is 9.64. The van der Waals surface area contributed by atoms with Gasteiger partial charge in [0.05, 0.1) is 28.5 Å². The zero-order chi connectivity index (χ0) is 33.7. The fraction of sp³-hybridized carbons (Fsp3) is 0.400. The second kappa shape index (κ2) is 12.5. The molecule has 14 heteroatoms. The van der Waals surface area contributed by atoms with Gasteiger partial charge in [0.2, 0.25) is 17.7 Å². The Hall–Kier alpha value is -4.95. The zero-order valence-electron chi connectivity index (χ0n) is 27.8. The number of nitrogens with zero attached hydrogens (tertiary/aromatic N) is 9. The highest BCUT2D eigenvalue weighted by Gasteiger charge is 2.51. The Kier molecular flexibility index (Phi) is 7.99. The number of hydrogen-bond donors (Lipinski definition) is 1. The van der Waals surface area contributed by atoms with Crippen LogP contribution < -0.4 is 9.64 Å². The van der Waals surface area contributed by atoms with Crippen LogP contribution in [0.25, 0.3) is 38.6 Å². The molecule has 2 fully saturated rings. The van der Waals surface area contributed by atoms with E-state index in [1.165, 1.54) is 10.5 Å². The van der Waals surface area contributed by atoms with Crippen LogP contribution >= 0.6 is 11.3 Å². The number of aromatic nitrogens is 7. The summed E-state index contributed by atoms with van der Waals surface area (Å²) < 4.78 is 7.39. The van der Waals surface area contributed by atoms with Crippen molar-refractivity contribution in [3.63, 3.8) is 0 Å². The van der Waals surface area contributed by atoms with Crippen LogP contribution in [0.1, 0.15) is 38.0 Å². The Morgan fingerprint density at radius 1 is 1.06 bits per heavy atom. The maximum atomic E-state index is 14.0. The molecule has 2 saturated heterocycles. The molecule has 0 radical (unpaired) electrons. The van der Waals surface area contributed by atoms with Gasteiger partial charge in [-0.05, 0) is 75.6 Å². The number of ether oxygens (including phenoxy) is 1. The minimum Gasteiger partial charge on any atom is -0.475 e. The van der Waals surface area contributed by atoms with Gasteiger partial charge in [-0.2, -0.15) is 10.2 Å². The van der Waals surface area contributed by atoms with Gasteiger partial charge in [-0.15, -0.1) is 11.3 Å². The normalized spacial score (nSPS) is 19.9.